The van der Waals surface area contributed by atoms with Gasteiger partial charge < -0.3 is 14.7 Å². The van der Waals surface area contributed by atoms with E-state index in [1.54, 1.807) is 24.3 Å². The van der Waals surface area contributed by atoms with Crippen molar-refractivity contribution < 1.29 is 19.4 Å². The summed E-state index contributed by atoms with van der Waals surface area (Å²) in [4.78, 5) is 26.9. The molecule has 1 N–H and O–H groups in total. The van der Waals surface area contributed by atoms with Gasteiger partial charge in [-0.15, -0.1) is 0 Å². The molecular formula is C22H23NO4. The number of benzene rings is 2. The van der Waals surface area contributed by atoms with E-state index in [-0.39, 0.29) is 24.0 Å². The summed E-state index contributed by atoms with van der Waals surface area (Å²) in [5.74, 6) is -1.45. The molecule has 1 heterocycles. The highest BCUT2D eigenvalue weighted by molar-refractivity contribution is 6.46. The summed E-state index contributed by atoms with van der Waals surface area (Å²) in [7, 11) is 0. The molecule has 0 spiro atoms. The number of hydrogen-bond donors (Lipinski definition) is 1. The smallest absolute Gasteiger partial charge is 0.295 e. The highest BCUT2D eigenvalue weighted by atomic mass is 16.5. The molecule has 0 saturated carbocycles. The third kappa shape index (κ3) is 3.93. The van der Waals surface area contributed by atoms with Crippen molar-refractivity contribution in [3.63, 3.8) is 0 Å². The number of aliphatic hydroxyl groups is 1. The van der Waals surface area contributed by atoms with Crippen LogP contribution in [0.2, 0.25) is 0 Å². The van der Waals surface area contributed by atoms with E-state index in [1.807, 2.05) is 50.2 Å². The minimum absolute atomic E-state index is 0.0290. The molecule has 5 heteroatoms. The van der Waals surface area contributed by atoms with Gasteiger partial charge in [0.2, 0.25) is 0 Å². The van der Waals surface area contributed by atoms with Crippen molar-refractivity contribution >= 4 is 17.4 Å². The zero-order valence-electron chi connectivity index (χ0n) is 15.5. The predicted octanol–water partition coefficient (Wildman–Crippen LogP) is 3.53. The molecule has 1 unspecified atom stereocenters. The second-order valence-corrected chi connectivity index (χ2v) is 6.69. The van der Waals surface area contributed by atoms with Crippen molar-refractivity contribution in [1.82, 2.24) is 4.90 Å². The number of aliphatic hydroxyl groups excluding tert-OH is 1. The lowest BCUT2D eigenvalue weighted by molar-refractivity contribution is -0.140. The number of likely N-dealkylation sites (tertiary alicyclic amines) is 1. The summed E-state index contributed by atoms with van der Waals surface area (Å²) in [5.41, 5.74) is 1.40. The van der Waals surface area contributed by atoms with Gasteiger partial charge in [-0.2, -0.15) is 0 Å². The Balaban J connectivity index is 2.05. The Morgan fingerprint density at radius 3 is 2.22 bits per heavy atom. The van der Waals surface area contributed by atoms with Gasteiger partial charge in [0.25, 0.3) is 11.7 Å². The molecule has 140 valence electrons. The fourth-order valence-electron chi connectivity index (χ4n) is 3.23. The molecule has 5 nitrogen and oxygen atoms in total. The monoisotopic (exact) mass is 365 g/mol. The number of Topliss-reactive ketones (excluding diaryl/α,β-unsaturated/α-hetero) is 1. The molecule has 3 rings (SSSR count). The van der Waals surface area contributed by atoms with E-state index in [1.165, 1.54) is 4.90 Å². The average molecular weight is 365 g/mol. The molecule has 2 aromatic rings. The highest BCUT2D eigenvalue weighted by Crippen LogP contribution is 2.39. The van der Waals surface area contributed by atoms with Crippen molar-refractivity contribution in [2.75, 3.05) is 13.2 Å². The molecule has 0 aromatic heterocycles. The summed E-state index contributed by atoms with van der Waals surface area (Å²) in [6.45, 7) is 4.42. The Morgan fingerprint density at radius 2 is 1.63 bits per heavy atom. The van der Waals surface area contributed by atoms with Crippen LogP contribution in [0, 0.1) is 0 Å². The first-order valence-corrected chi connectivity index (χ1v) is 9.01. The van der Waals surface area contributed by atoms with Crippen LogP contribution in [0.3, 0.4) is 0 Å². The molecule has 27 heavy (non-hydrogen) atoms. The summed E-state index contributed by atoms with van der Waals surface area (Å²) in [6.07, 6.45) is 0.0290. The van der Waals surface area contributed by atoms with E-state index < -0.39 is 17.7 Å². The molecule has 1 aliphatic rings. The van der Waals surface area contributed by atoms with E-state index in [4.69, 9.17) is 4.74 Å². The van der Waals surface area contributed by atoms with Crippen molar-refractivity contribution in [2.24, 2.45) is 0 Å². The highest BCUT2D eigenvalue weighted by Gasteiger charge is 2.45. The maximum Gasteiger partial charge on any atom is 0.295 e. The first-order valence-electron chi connectivity index (χ1n) is 9.01. The maximum absolute atomic E-state index is 12.8. The van der Waals surface area contributed by atoms with Gasteiger partial charge in [-0.3, -0.25) is 9.59 Å². The fourth-order valence-corrected chi connectivity index (χ4v) is 3.23. The Morgan fingerprint density at radius 1 is 1.04 bits per heavy atom. The van der Waals surface area contributed by atoms with Gasteiger partial charge in [0.15, 0.2) is 0 Å². The lowest BCUT2D eigenvalue weighted by Crippen LogP contribution is -2.33. The van der Waals surface area contributed by atoms with Gasteiger partial charge in [-0.05, 0) is 19.4 Å². The Labute approximate surface area is 158 Å². The van der Waals surface area contributed by atoms with Crippen LogP contribution in [-0.2, 0) is 14.3 Å². The lowest BCUT2D eigenvalue weighted by atomic mass is 9.95. The first-order chi connectivity index (χ1) is 13.0. The number of rotatable bonds is 6. The topological polar surface area (TPSA) is 66.8 Å². The molecule has 1 aliphatic heterocycles. The third-order valence-corrected chi connectivity index (χ3v) is 4.49. The van der Waals surface area contributed by atoms with Crippen LogP contribution in [0.15, 0.2) is 66.2 Å². The van der Waals surface area contributed by atoms with Gasteiger partial charge in [0, 0.05) is 12.1 Å². The quantitative estimate of drug-likeness (QED) is 0.483. The van der Waals surface area contributed by atoms with E-state index in [9.17, 15) is 14.7 Å². The Kier molecular flexibility index (Phi) is 5.72. The number of nitrogens with zero attached hydrogens (tertiary/aromatic N) is 1. The molecule has 1 saturated heterocycles. The average Bonchev–Trinajstić information content (AvgIpc) is 2.93. The number of amides is 1. The molecule has 1 amide bonds. The van der Waals surface area contributed by atoms with E-state index in [0.29, 0.717) is 12.2 Å². The normalized spacial score (nSPS) is 19.1. The molecular weight excluding hydrogens is 342 g/mol. The largest absolute Gasteiger partial charge is 0.507 e. The zero-order valence-corrected chi connectivity index (χ0v) is 15.5. The van der Waals surface area contributed by atoms with Gasteiger partial charge >= 0.3 is 0 Å². The fraction of sp³-hybridized carbons (Fsp3) is 0.273. The van der Waals surface area contributed by atoms with Gasteiger partial charge in [-0.25, -0.2) is 0 Å². The zero-order chi connectivity index (χ0) is 19.4. The van der Waals surface area contributed by atoms with Crippen molar-refractivity contribution in [3.8, 4) is 0 Å². The summed E-state index contributed by atoms with van der Waals surface area (Å²) < 4.78 is 5.57. The number of ether oxygens (including phenoxy) is 1. The number of hydrogen-bond acceptors (Lipinski definition) is 4. The van der Waals surface area contributed by atoms with Crippen LogP contribution in [0.25, 0.3) is 5.76 Å². The Bertz CT molecular complexity index is 843. The van der Waals surface area contributed by atoms with Crippen LogP contribution >= 0.6 is 0 Å². The lowest BCUT2D eigenvalue weighted by Gasteiger charge is -2.25. The van der Waals surface area contributed by atoms with Crippen molar-refractivity contribution in [1.29, 1.82) is 0 Å². The molecule has 1 atom stereocenters. The van der Waals surface area contributed by atoms with E-state index >= 15 is 0 Å². The van der Waals surface area contributed by atoms with E-state index in [2.05, 4.69) is 0 Å². The molecule has 0 radical (unpaired) electrons. The van der Waals surface area contributed by atoms with Crippen LogP contribution in [0.1, 0.15) is 31.0 Å². The minimum Gasteiger partial charge on any atom is -0.507 e. The second kappa shape index (κ2) is 8.18. The van der Waals surface area contributed by atoms with Crippen molar-refractivity contribution in [2.45, 2.75) is 26.0 Å². The van der Waals surface area contributed by atoms with E-state index in [0.717, 1.165) is 5.56 Å². The van der Waals surface area contributed by atoms with Crippen LogP contribution < -0.4 is 0 Å². The molecule has 1 fully saturated rings. The van der Waals surface area contributed by atoms with Crippen LogP contribution in [0.5, 0.6) is 0 Å². The van der Waals surface area contributed by atoms with Crippen LogP contribution in [-0.4, -0.2) is 41.0 Å². The number of ketones is 1. The second-order valence-electron chi connectivity index (χ2n) is 6.69. The van der Waals surface area contributed by atoms with Crippen molar-refractivity contribution in [3.05, 3.63) is 77.4 Å². The summed E-state index contributed by atoms with van der Waals surface area (Å²) >= 11 is 0. The summed E-state index contributed by atoms with van der Waals surface area (Å²) in [6, 6.07) is 17.4. The molecule has 0 aliphatic carbocycles. The third-order valence-electron chi connectivity index (χ3n) is 4.49. The number of carbonyl (C=O) groups excluding carboxylic acids is 2. The summed E-state index contributed by atoms with van der Waals surface area (Å²) in [5, 5.41) is 10.8. The van der Waals surface area contributed by atoms with Gasteiger partial charge in [0.1, 0.15) is 5.76 Å². The molecule has 0 bridgehead atoms. The maximum atomic E-state index is 12.8. The molecule has 2 aromatic carbocycles. The number of carbonyl (C=O) groups is 2. The van der Waals surface area contributed by atoms with Crippen LogP contribution in [0.4, 0.5) is 0 Å². The SMILES string of the molecule is CC(C)OCCN1C(=O)C(=O)/C(=C(\O)c2ccccc2)C1c1ccccc1. The van der Waals surface area contributed by atoms with Gasteiger partial charge in [-0.1, -0.05) is 60.7 Å². The first kappa shape index (κ1) is 18.9. The minimum atomic E-state index is -0.672. The van der Waals surface area contributed by atoms with Gasteiger partial charge in [0.05, 0.1) is 24.3 Å². The predicted molar refractivity (Wildman–Crippen MR) is 103 cm³/mol. The standard InChI is InChI=1S/C22H23NO4/c1-15(2)27-14-13-23-19(16-9-5-3-6-10-16)18(21(25)22(23)26)20(24)17-11-7-4-8-12-17/h3-12,15,19,24H,13-14H2,1-2H3/b20-18-. The Hall–Kier alpha value is -2.92.